The molecule has 1 rings (SSSR count). The summed E-state index contributed by atoms with van der Waals surface area (Å²) in [5.41, 5.74) is 0.0172. The Morgan fingerprint density at radius 3 is 2.15 bits per heavy atom. The fourth-order valence-corrected chi connectivity index (χ4v) is 1.25. The van der Waals surface area contributed by atoms with Crippen LogP contribution in [-0.2, 0) is 10.9 Å². The van der Waals surface area contributed by atoms with Gasteiger partial charge in [-0.05, 0) is 12.1 Å². The second-order valence-corrected chi connectivity index (χ2v) is 2.96. The van der Waals surface area contributed by atoms with Crippen molar-refractivity contribution in [3.63, 3.8) is 0 Å². The number of para-hydroxylation sites is 1. The zero-order chi connectivity index (χ0) is 9.84. The van der Waals surface area contributed by atoms with E-state index in [4.69, 9.17) is 0 Å². The molecule has 1 aromatic rings. The van der Waals surface area contributed by atoms with E-state index in [0.29, 0.717) is 0 Å². The first-order valence-electron chi connectivity index (χ1n) is 3.26. The van der Waals surface area contributed by atoms with Crippen molar-refractivity contribution in [1.29, 1.82) is 0 Å². The molecule has 0 aliphatic carbocycles. The van der Waals surface area contributed by atoms with Gasteiger partial charge in [0.2, 0.25) is 0 Å². The molecule has 0 atom stereocenters. The molecule has 6 nitrogen and oxygen atoms in total. The monoisotopic (exact) mass is 202 g/mol. The zero-order valence-corrected chi connectivity index (χ0v) is 7.26. The van der Waals surface area contributed by atoms with Crippen molar-refractivity contribution < 1.29 is 13.5 Å². The molecule has 70 valence electrons. The molecule has 0 spiro atoms. The lowest BCUT2D eigenvalue weighted by molar-refractivity contribution is -0.473. The molecule has 0 heterocycles. The van der Waals surface area contributed by atoms with E-state index in [9.17, 15) is 18.5 Å². The molecular weight excluding hydrogens is 196 g/mol. The summed E-state index contributed by atoms with van der Waals surface area (Å²) in [5.74, 6) is 0. The van der Waals surface area contributed by atoms with Gasteiger partial charge < -0.3 is 0 Å². The summed E-state index contributed by atoms with van der Waals surface area (Å²) >= 11 is 0. The third-order valence-corrected chi connectivity index (χ3v) is 1.98. The lowest BCUT2D eigenvalue weighted by Gasteiger charge is -2.04. The predicted molar refractivity (Wildman–Crippen MR) is 46.2 cm³/mol. The minimum absolute atomic E-state index is 0.0172. The van der Waals surface area contributed by atoms with Gasteiger partial charge in [-0.2, -0.15) is 0 Å². The van der Waals surface area contributed by atoms with Gasteiger partial charge in [-0.15, -0.1) is 0 Å². The Balaban J connectivity index is 3.10. The summed E-state index contributed by atoms with van der Waals surface area (Å²) in [6.07, 6.45) is 0. The van der Waals surface area contributed by atoms with Crippen LogP contribution in [0.2, 0.25) is 0 Å². The molecule has 0 radical (unpaired) electrons. The second kappa shape index (κ2) is 3.85. The summed E-state index contributed by atoms with van der Waals surface area (Å²) in [6.45, 7) is 0. The van der Waals surface area contributed by atoms with Crippen molar-refractivity contribution in [3.8, 4) is 0 Å². The fraction of sp³-hybridized carbons (Fsp3) is 0. The normalized spacial score (nSPS) is 9.92. The SMILES string of the molecule is O=[N+]([O-])N(c1ccccc1)[SH](=O)=O. The Morgan fingerprint density at radius 1 is 1.23 bits per heavy atom. The summed E-state index contributed by atoms with van der Waals surface area (Å²) in [4.78, 5) is 10.3. The number of anilines is 1. The van der Waals surface area contributed by atoms with Gasteiger partial charge in [-0.1, -0.05) is 18.2 Å². The Kier molecular flexibility index (Phi) is 2.80. The molecule has 0 saturated heterocycles. The number of nitrogens with zero attached hydrogens (tertiary/aromatic N) is 2. The van der Waals surface area contributed by atoms with E-state index in [1.54, 1.807) is 6.07 Å². The van der Waals surface area contributed by atoms with E-state index in [0.717, 1.165) is 0 Å². The minimum Gasteiger partial charge on any atom is -0.233 e. The third-order valence-electron chi connectivity index (χ3n) is 1.30. The van der Waals surface area contributed by atoms with E-state index in [1.165, 1.54) is 24.3 Å². The Bertz CT molecular complexity index is 367. The Hall–Kier alpha value is -1.63. The maximum absolute atomic E-state index is 10.5. The highest BCUT2D eigenvalue weighted by Crippen LogP contribution is 2.12. The van der Waals surface area contributed by atoms with E-state index < -0.39 is 15.9 Å². The first kappa shape index (κ1) is 9.46. The van der Waals surface area contributed by atoms with Gasteiger partial charge in [0.15, 0.2) is 5.03 Å². The molecule has 0 bridgehead atoms. The van der Waals surface area contributed by atoms with E-state index >= 15 is 0 Å². The van der Waals surface area contributed by atoms with Crippen LogP contribution in [0, 0.1) is 10.1 Å². The van der Waals surface area contributed by atoms with Gasteiger partial charge in [0.1, 0.15) is 5.69 Å². The van der Waals surface area contributed by atoms with Crippen LogP contribution in [0.4, 0.5) is 5.69 Å². The van der Waals surface area contributed by atoms with Crippen LogP contribution in [0.5, 0.6) is 0 Å². The molecule has 0 aliphatic rings. The van der Waals surface area contributed by atoms with Gasteiger partial charge >= 0.3 is 0 Å². The van der Waals surface area contributed by atoms with Crippen LogP contribution in [0.1, 0.15) is 0 Å². The van der Waals surface area contributed by atoms with Gasteiger partial charge in [0.05, 0.1) is 0 Å². The van der Waals surface area contributed by atoms with Gasteiger partial charge in [-0.25, -0.2) is 18.5 Å². The van der Waals surface area contributed by atoms with Crippen LogP contribution in [0.15, 0.2) is 30.3 Å². The third kappa shape index (κ3) is 2.15. The zero-order valence-electron chi connectivity index (χ0n) is 6.36. The largest absolute Gasteiger partial charge is 0.279 e. The minimum atomic E-state index is -3.25. The smallest absolute Gasteiger partial charge is 0.233 e. The van der Waals surface area contributed by atoms with Crippen LogP contribution in [-0.4, -0.2) is 13.5 Å². The molecule has 1 aromatic carbocycles. The number of hydrazine groups is 1. The van der Waals surface area contributed by atoms with Crippen molar-refractivity contribution in [1.82, 2.24) is 0 Å². The molecule has 0 unspecified atom stereocenters. The number of hydrogen-bond donors (Lipinski definition) is 1. The summed E-state index contributed by atoms with van der Waals surface area (Å²) in [5, 5.41) is 9.30. The standard InChI is InChI=1S/C6H6N2O4S/c9-8(10)7(13(11)12)6-4-2-1-3-5-6/h1-5,13H. The fourth-order valence-electron chi connectivity index (χ4n) is 0.810. The lowest BCUT2D eigenvalue weighted by atomic mass is 10.3. The molecule has 0 N–H and O–H groups in total. The molecule has 7 heteroatoms. The quantitative estimate of drug-likeness (QED) is 0.431. The average Bonchev–Trinajstić information content (AvgIpc) is 2.04. The number of nitro groups is 1. The van der Waals surface area contributed by atoms with Crippen molar-refractivity contribution in [2.75, 3.05) is 4.41 Å². The molecule has 0 aromatic heterocycles. The van der Waals surface area contributed by atoms with Crippen molar-refractivity contribution in [3.05, 3.63) is 40.4 Å². The van der Waals surface area contributed by atoms with Gasteiger partial charge in [0, 0.05) is 4.41 Å². The number of rotatable bonds is 3. The molecule has 0 saturated carbocycles. The molecule has 0 amide bonds. The van der Waals surface area contributed by atoms with Crippen molar-refractivity contribution in [2.45, 2.75) is 0 Å². The summed E-state index contributed by atoms with van der Waals surface area (Å²) < 4.78 is 21.0. The van der Waals surface area contributed by atoms with Crippen LogP contribution >= 0.6 is 0 Å². The highest BCUT2D eigenvalue weighted by Gasteiger charge is 2.18. The van der Waals surface area contributed by atoms with Crippen molar-refractivity contribution >= 4 is 16.6 Å². The first-order valence-corrected chi connectivity index (χ1v) is 4.39. The number of benzene rings is 1. The van der Waals surface area contributed by atoms with E-state index in [1.807, 2.05) is 0 Å². The van der Waals surface area contributed by atoms with Gasteiger partial charge in [-0.3, -0.25) is 0 Å². The molecule has 13 heavy (non-hydrogen) atoms. The summed E-state index contributed by atoms with van der Waals surface area (Å²) in [7, 11) is -3.25. The van der Waals surface area contributed by atoms with Crippen molar-refractivity contribution in [2.24, 2.45) is 0 Å². The van der Waals surface area contributed by atoms with E-state index in [2.05, 4.69) is 0 Å². The Morgan fingerprint density at radius 2 is 1.77 bits per heavy atom. The Labute approximate surface area is 75.6 Å². The number of hydrogen-bond acceptors (Lipinski definition) is 4. The van der Waals surface area contributed by atoms with Crippen LogP contribution in [0.3, 0.4) is 0 Å². The predicted octanol–water partition coefficient (Wildman–Crippen LogP) is 0.211. The second-order valence-electron chi connectivity index (χ2n) is 2.10. The lowest BCUT2D eigenvalue weighted by Crippen LogP contribution is -2.27. The maximum Gasteiger partial charge on any atom is 0.279 e. The number of thiol groups is 1. The van der Waals surface area contributed by atoms with Crippen LogP contribution < -0.4 is 4.41 Å². The molecule has 0 fully saturated rings. The topological polar surface area (TPSA) is 80.5 Å². The first-order chi connectivity index (χ1) is 6.13. The van der Waals surface area contributed by atoms with Crippen LogP contribution in [0.25, 0.3) is 0 Å². The average molecular weight is 202 g/mol. The maximum atomic E-state index is 10.5. The van der Waals surface area contributed by atoms with E-state index in [-0.39, 0.29) is 10.1 Å². The highest BCUT2D eigenvalue weighted by molar-refractivity contribution is 7.73. The summed E-state index contributed by atoms with van der Waals surface area (Å²) in [6, 6.07) is 7.36. The van der Waals surface area contributed by atoms with Gasteiger partial charge in [0.25, 0.3) is 10.9 Å². The highest BCUT2D eigenvalue weighted by atomic mass is 32.2. The molecule has 0 aliphatic heterocycles. The molecular formula is C6H6N2O4S.